The summed E-state index contributed by atoms with van der Waals surface area (Å²) in [7, 11) is -6.75. The SMILES string of the molecule is CCOc1ccccc1N(CC(=O)Nc1ccc(OC)c(S(=O)(=O)N2CCCCC2)c1)S(=O)(=O)c1ccc(Cl)cc1. The smallest absolute Gasteiger partial charge is 0.264 e. The number of ether oxygens (including phenoxy) is 2. The zero-order valence-corrected chi connectivity index (χ0v) is 25.1. The van der Waals surface area contributed by atoms with Crippen molar-refractivity contribution >= 4 is 48.9 Å². The molecule has 0 atom stereocenters. The Morgan fingerprint density at radius 2 is 1.63 bits per heavy atom. The third-order valence-electron chi connectivity index (χ3n) is 6.50. The fourth-order valence-electron chi connectivity index (χ4n) is 4.51. The molecule has 4 rings (SSSR count). The van der Waals surface area contributed by atoms with Gasteiger partial charge in [-0.05, 0) is 74.4 Å². The number of para-hydroxylation sites is 2. The molecule has 0 bridgehead atoms. The Labute approximate surface area is 245 Å². The molecular weight excluding hydrogens is 590 g/mol. The number of hydrogen-bond donors (Lipinski definition) is 1. The number of nitrogens with one attached hydrogen (secondary N) is 1. The fourth-order valence-corrected chi connectivity index (χ4v) is 7.76. The molecule has 0 spiro atoms. The molecule has 3 aromatic carbocycles. The molecule has 41 heavy (non-hydrogen) atoms. The number of carbonyl (C=O) groups excluding carboxylic acids is 1. The Morgan fingerprint density at radius 1 is 0.951 bits per heavy atom. The molecule has 1 amide bonds. The summed E-state index contributed by atoms with van der Waals surface area (Å²) in [4.78, 5) is 13.2. The molecule has 1 fully saturated rings. The van der Waals surface area contributed by atoms with Crippen LogP contribution < -0.4 is 19.1 Å². The molecule has 1 heterocycles. The van der Waals surface area contributed by atoms with Gasteiger partial charge in [-0.3, -0.25) is 9.10 Å². The van der Waals surface area contributed by atoms with Crippen LogP contribution in [0.4, 0.5) is 11.4 Å². The van der Waals surface area contributed by atoms with Crippen molar-refractivity contribution < 1.29 is 31.1 Å². The topological polar surface area (TPSA) is 122 Å². The van der Waals surface area contributed by atoms with Crippen LogP contribution in [-0.4, -0.2) is 60.4 Å². The van der Waals surface area contributed by atoms with Gasteiger partial charge in [0.05, 0.1) is 24.3 Å². The van der Waals surface area contributed by atoms with Crippen LogP contribution in [-0.2, 0) is 24.8 Å². The third kappa shape index (κ3) is 6.95. The molecule has 0 unspecified atom stereocenters. The first-order chi connectivity index (χ1) is 19.6. The van der Waals surface area contributed by atoms with Crippen molar-refractivity contribution in [3.63, 3.8) is 0 Å². The number of piperidine rings is 1. The summed E-state index contributed by atoms with van der Waals surface area (Å²) >= 11 is 5.97. The highest BCUT2D eigenvalue weighted by Gasteiger charge is 2.31. The van der Waals surface area contributed by atoms with Crippen molar-refractivity contribution in [2.75, 3.05) is 43.0 Å². The molecule has 1 aliphatic rings. The van der Waals surface area contributed by atoms with E-state index >= 15 is 0 Å². The first kappa shape index (κ1) is 30.6. The van der Waals surface area contributed by atoms with Gasteiger partial charge in [0.2, 0.25) is 15.9 Å². The van der Waals surface area contributed by atoms with E-state index in [2.05, 4.69) is 5.32 Å². The molecule has 1 N–H and O–H groups in total. The Hall–Kier alpha value is -3.32. The van der Waals surface area contributed by atoms with Crippen LogP contribution in [0.2, 0.25) is 5.02 Å². The number of anilines is 2. The van der Waals surface area contributed by atoms with E-state index in [4.69, 9.17) is 21.1 Å². The molecule has 1 aliphatic heterocycles. The van der Waals surface area contributed by atoms with Gasteiger partial charge in [-0.15, -0.1) is 0 Å². The number of nitrogens with zero attached hydrogens (tertiary/aromatic N) is 2. The van der Waals surface area contributed by atoms with Gasteiger partial charge in [-0.25, -0.2) is 16.8 Å². The minimum Gasteiger partial charge on any atom is -0.495 e. The van der Waals surface area contributed by atoms with Crippen LogP contribution in [0, 0.1) is 0 Å². The Kier molecular flexibility index (Phi) is 9.80. The number of methoxy groups -OCH3 is 1. The lowest BCUT2D eigenvalue weighted by atomic mass is 10.2. The second kappa shape index (κ2) is 13.1. The van der Waals surface area contributed by atoms with Gasteiger partial charge in [0, 0.05) is 23.8 Å². The maximum atomic E-state index is 13.8. The molecule has 0 aromatic heterocycles. The van der Waals surface area contributed by atoms with E-state index < -0.39 is 32.5 Å². The van der Waals surface area contributed by atoms with Crippen LogP contribution >= 0.6 is 11.6 Å². The lowest BCUT2D eigenvalue weighted by Crippen LogP contribution is -2.38. The zero-order chi connectivity index (χ0) is 29.6. The zero-order valence-electron chi connectivity index (χ0n) is 22.7. The maximum absolute atomic E-state index is 13.8. The van der Waals surface area contributed by atoms with E-state index in [9.17, 15) is 21.6 Å². The molecule has 1 saturated heterocycles. The van der Waals surface area contributed by atoms with Crippen LogP contribution in [0.15, 0.2) is 76.5 Å². The number of benzene rings is 3. The maximum Gasteiger partial charge on any atom is 0.264 e. The van der Waals surface area contributed by atoms with Crippen molar-refractivity contribution in [1.29, 1.82) is 0 Å². The van der Waals surface area contributed by atoms with Crippen LogP contribution in [0.5, 0.6) is 11.5 Å². The summed E-state index contributed by atoms with van der Waals surface area (Å²) < 4.78 is 67.7. The molecule has 0 aliphatic carbocycles. The van der Waals surface area contributed by atoms with Gasteiger partial charge in [-0.2, -0.15) is 4.31 Å². The third-order valence-corrected chi connectivity index (χ3v) is 10.4. The van der Waals surface area contributed by atoms with Gasteiger partial charge in [0.1, 0.15) is 22.9 Å². The molecule has 0 saturated carbocycles. The minimum atomic E-state index is -4.24. The Morgan fingerprint density at radius 3 is 2.29 bits per heavy atom. The summed E-state index contributed by atoms with van der Waals surface area (Å²) in [5.41, 5.74) is 0.343. The second-order valence-electron chi connectivity index (χ2n) is 9.24. The first-order valence-corrected chi connectivity index (χ1v) is 16.3. The number of sulfonamides is 2. The highest BCUT2D eigenvalue weighted by Crippen LogP contribution is 2.34. The van der Waals surface area contributed by atoms with E-state index in [1.165, 1.54) is 53.9 Å². The normalized spacial score (nSPS) is 14.3. The largest absolute Gasteiger partial charge is 0.495 e. The predicted octanol–water partition coefficient (Wildman–Crippen LogP) is 4.76. The van der Waals surface area contributed by atoms with E-state index in [1.807, 2.05) is 0 Å². The Balaban J connectivity index is 1.67. The van der Waals surface area contributed by atoms with Crippen LogP contribution in [0.25, 0.3) is 0 Å². The molecular formula is C28H32ClN3O7S2. The van der Waals surface area contributed by atoms with Crippen molar-refractivity contribution in [3.05, 3.63) is 71.8 Å². The minimum absolute atomic E-state index is 0.0691. The summed E-state index contributed by atoms with van der Waals surface area (Å²) in [6.45, 7) is 2.23. The summed E-state index contributed by atoms with van der Waals surface area (Å²) in [5, 5.41) is 3.01. The van der Waals surface area contributed by atoms with Gasteiger partial charge in [0.15, 0.2) is 0 Å². The molecule has 10 nitrogen and oxygen atoms in total. The highest BCUT2D eigenvalue weighted by molar-refractivity contribution is 7.93. The number of carbonyl (C=O) groups is 1. The van der Waals surface area contributed by atoms with E-state index in [0.717, 1.165) is 23.6 Å². The predicted molar refractivity (Wildman–Crippen MR) is 158 cm³/mol. The summed E-state index contributed by atoms with van der Waals surface area (Å²) in [6, 6.07) is 16.4. The molecule has 0 radical (unpaired) electrons. The molecule has 220 valence electrons. The summed E-state index contributed by atoms with van der Waals surface area (Å²) in [5.74, 6) is -0.272. The average Bonchev–Trinajstić information content (AvgIpc) is 2.97. The van der Waals surface area contributed by atoms with E-state index in [1.54, 1.807) is 31.2 Å². The monoisotopic (exact) mass is 621 g/mol. The molecule has 13 heteroatoms. The van der Waals surface area contributed by atoms with Gasteiger partial charge < -0.3 is 14.8 Å². The fraction of sp³-hybridized carbons (Fsp3) is 0.321. The van der Waals surface area contributed by atoms with Crippen LogP contribution in [0.1, 0.15) is 26.2 Å². The number of hydrogen-bond acceptors (Lipinski definition) is 7. The van der Waals surface area contributed by atoms with Crippen molar-refractivity contribution in [2.24, 2.45) is 0 Å². The standard InChI is InChI=1S/C28H32ClN3O7S2/c1-3-39-25-10-6-5-9-24(25)32(40(34,35)23-14-11-21(29)12-15-23)20-28(33)30-22-13-16-26(38-2)27(19-22)41(36,37)31-17-7-4-8-18-31/h5-6,9-16,19H,3-4,7-8,17-18,20H2,1-2H3,(H,30,33). The lowest BCUT2D eigenvalue weighted by molar-refractivity contribution is -0.114. The first-order valence-electron chi connectivity index (χ1n) is 13.1. The van der Waals surface area contributed by atoms with Crippen molar-refractivity contribution in [2.45, 2.75) is 36.0 Å². The van der Waals surface area contributed by atoms with Crippen molar-refractivity contribution in [1.82, 2.24) is 4.31 Å². The van der Waals surface area contributed by atoms with E-state index in [-0.39, 0.29) is 39.3 Å². The average molecular weight is 622 g/mol. The van der Waals surface area contributed by atoms with E-state index in [0.29, 0.717) is 18.1 Å². The van der Waals surface area contributed by atoms with Crippen molar-refractivity contribution in [3.8, 4) is 11.5 Å². The van der Waals surface area contributed by atoms with Gasteiger partial charge >= 0.3 is 0 Å². The number of amides is 1. The lowest BCUT2D eigenvalue weighted by Gasteiger charge is -2.27. The molecule has 3 aromatic rings. The highest BCUT2D eigenvalue weighted by atomic mass is 35.5. The van der Waals surface area contributed by atoms with Gasteiger partial charge in [0.25, 0.3) is 10.0 Å². The summed E-state index contributed by atoms with van der Waals surface area (Å²) in [6.07, 6.45) is 2.49. The quantitative estimate of drug-likeness (QED) is 0.328. The number of halogens is 1. The van der Waals surface area contributed by atoms with Crippen LogP contribution in [0.3, 0.4) is 0 Å². The second-order valence-corrected chi connectivity index (χ2v) is 13.5. The number of rotatable bonds is 11. The Bertz CT molecular complexity index is 1590. The van der Waals surface area contributed by atoms with Gasteiger partial charge in [-0.1, -0.05) is 30.2 Å².